The molecule has 0 aliphatic carbocycles. The molecule has 1 heterocycles. The molecule has 7 heteroatoms. The summed E-state index contributed by atoms with van der Waals surface area (Å²) >= 11 is 0. The number of benzene rings is 1. The fourth-order valence-corrected chi connectivity index (χ4v) is 2.38. The molecule has 1 atom stereocenters. The van der Waals surface area contributed by atoms with Crippen molar-refractivity contribution in [3.8, 4) is 0 Å². The number of nitro benzene ring substituents is 1. The minimum atomic E-state index is -0.494. The number of aliphatic hydroxyl groups excluding tert-OH is 1. The highest BCUT2D eigenvalue weighted by Gasteiger charge is 2.27. The van der Waals surface area contributed by atoms with Crippen molar-refractivity contribution >= 4 is 17.3 Å². The molecule has 1 amide bonds. The number of nitrogens with one attached hydrogen (secondary N) is 1. The van der Waals surface area contributed by atoms with Crippen LogP contribution in [-0.2, 0) is 0 Å². The molecule has 2 rings (SSSR count). The third-order valence-corrected chi connectivity index (χ3v) is 3.36. The molecular weight excluding hydrogens is 274 g/mol. The Kier molecular flexibility index (Phi) is 4.42. The smallest absolute Gasteiger partial charge is 0.293 e. The summed E-state index contributed by atoms with van der Waals surface area (Å²) in [6, 6.07) is 4.40. The largest absolute Gasteiger partial charge is 0.391 e. The molecule has 1 aromatic rings. The highest BCUT2D eigenvalue weighted by molar-refractivity contribution is 5.96. The van der Waals surface area contributed by atoms with E-state index < -0.39 is 11.0 Å². The van der Waals surface area contributed by atoms with Crippen molar-refractivity contribution in [2.24, 2.45) is 0 Å². The summed E-state index contributed by atoms with van der Waals surface area (Å²) in [5.41, 5.74) is 0.594. The summed E-state index contributed by atoms with van der Waals surface area (Å²) in [6.07, 6.45) is 0.126. The van der Waals surface area contributed by atoms with Gasteiger partial charge in [0.1, 0.15) is 5.69 Å². The lowest BCUT2D eigenvalue weighted by Gasteiger charge is -2.18. The van der Waals surface area contributed by atoms with E-state index in [2.05, 4.69) is 5.32 Å². The molecule has 0 bridgehead atoms. The predicted octanol–water partition coefficient (Wildman–Crippen LogP) is 1.30. The van der Waals surface area contributed by atoms with Gasteiger partial charge in [-0.25, -0.2) is 0 Å². The number of rotatable bonds is 4. The van der Waals surface area contributed by atoms with E-state index in [9.17, 15) is 20.0 Å². The molecule has 1 aromatic carbocycles. The van der Waals surface area contributed by atoms with Crippen LogP contribution >= 0.6 is 0 Å². The molecule has 1 saturated heterocycles. The number of β-amino-alcohol motifs (C(OH)–C–C–N with tert-alkyl or cyclic N) is 1. The second kappa shape index (κ2) is 6.09. The number of aliphatic hydroxyl groups is 1. The van der Waals surface area contributed by atoms with Crippen molar-refractivity contribution < 1.29 is 14.8 Å². The predicted molar refractivity (Wildman–Crippen MR) is 78.5 cm³/mol. The number of carbonyl (C=O) groups excluding carboxylic acids is 1. The number of carbonyl (C=O) groups is 1. The molecule has 0 aromatic heterocycles. The first-order valence-corrected chi connectivity index (χ1v) is 6.91. The molecule has 2 N–H and O–H groups in total. The molecule has 114 valence electrons. The van der Waals surface area contributed by atoms with E-state index in [0.717, 1.165) is 0 Å². The Morgan fingerprint density at radius 3 is 2.76 bits per heavy atom. The Morgan fingerprint density at radius 1 is 1.52 bits per heavy atom. The first kappa shape index (κ1) is 15.2. The summed E-state index contributed by atoms with van der Waals surface area (Å²) in [5, 5.41) is 23.5. The molecule has 1 aliphatic rings. The average Bonchev–Trinajstić information content (AvgIpc) is 2.83. The zero-order valence-electron chi connectivity index (χ0n) is 12.1. The lowest BCUT2D eigenvalue weighted by Crippen LogP contribution is -2.30. The molecule has 0 saturated carbocycles. The summed E-state index contributed by atoms with van der Waals surface area (Å²) in [7, 11) is 0. The normalized spacial score (nSPS) is 18.1. The number of hydrogen-bond acceptors (Lipinski definition) is 5. The minimum absolute atomic E-state index is 0.0371. The number of amides is 1. The fourth-order valence-electron chi connectivity index (χ4n) is 2.38. The highest BCUT2D eigenvalue weighted by Crippen LogP contribution is 2.31. The van der Waals surface area contributed by atoms with Gasteiger partial charge in [0.15, 0.2) is 0 Å². The molecular formula is C14H19N3O4. The third-order valence-electron chi connectivity index (χ3n) is 3.36. The van der Waals surface area contributed by atoms with Crippen LogP contribution < -0.4 is 10.2 Å². The number of hydrogen-bond donors (Lipinski definition) is 2. The lowest BCUT2D eigenvalue weighted by atomic mass is 10.1. The summed E-state index contributed by atoms with van der Waals surface area (Å²) in [4.78, 5) is 24.4. The zero-order valence-corrected chi connectivity index (χ0v) is 12.1. The Hall–Kier alpha value is -2.15. The van der Waals surface area contributed by atoms with Crippen LogP contribution in [0.4, 0.5) is 11.4 Å². The van der Waals surface area contributed by atoms with Crippen LogP contribution in [0.5, 0.6) is 0 Å². The van der Waals surface area contributed by atoms with Crippen LogP contribution in [0.2, 0.25) is 0 Å². The Bertz CT molecular complexity index is 559. The molecule has 0 radical (unpaired) electrons. The number of anilines is 1. The van der Waals surface area contributed by atoms with Gasteiger partial charge in [0.05, 0.1) is 11.0 Å². The monoisotopic (exact) mass is 293 g/mol. The van der Waals surface area contributed by atoms with Gasteiger partial charge >= 0.3 is 0 Å². The third kappa shape index (κ3) is 3.49. The molecule has 1 fully saturated rings. The Labute approximate surface area is 122 Å². The quantitative estimate of drug-likeness (QED) is 0.644. The Morgan fingerprint density at radius 2 is 2.24 bits per heavy atom. The molecule has 0 spiro atoms. The van der Waals surface area contributed by atoms with Crippen molar-refractivity contribution in [3.05, 3.63) is 33.9 Å². The van der Waals surface area contributed by atoms with E-state index in [-0.39, 0.29) is 23.2 Å². The van der Waals surface area contributed by atoms with Crippen LogP contribution in [0.3, 0.4) is 0 Å². The molecule has 0 unspecified atom stereocenters. The van der Waals surface area contributed by atoms with Gasteiger partial charge in [0.25, 0.3) is 11.6 Å². The van der Waals surface area contributed by atoms with Gasteiger partial charge in [-0.15, -0.1) is 0 Å². The van der Waals surface area contributed by atoms with Gasteiger partial charge in [-0.1, -0.05) is 0 Å². The average molecular weight is 293 g/mol. The van der Waals surface area contributed by atoms with E-state index in [1.54, 1.807) is 17.0 Å². The van der Waals surface area contributed by atoms with Gasteiger partial charge in [-0.05, 0) is 32.4 Å². The highest BCUT2D eigenvalue weighted by atomic mass is 16.6. The fraction of sp³-hybridized carbons (Fsp3) is 0.500. The van der Waals surface area contributed by atoms with Crippen LogP contribution in [0.1, 0.15) is 30.6 Å². The topological polar surface area (TPSA) is 95.7 Å². The van der Waals surface area contributed by atoms with E-state index in [0.29, 0.717) is 25.2 Å². The standard InChI is InChI=1S/C14H19N3O4/c1-9(2)15-14(19)10-3-4-12(13(7-10)17(20)21)16-6-5-11(18)8-16/h3-4,7,9,11,18H,5-6,8H2,1-2H3,(H,15,19)/t11-/m1/s1. The SMILES string of the molecule is CC(C)NC(=O)c1ccc(N2CC[C@@H](O)C2)c([N+](=O)[O-])c1. The second-order valence-corrected chi connectivity index (χ2v) is 5.48. The van der Waals surface area contributed by atoms with Gasteiger partial charge in [0, 0.05) is 30.8 Å². The van der Waals surface area contributed by atoms with Crippen molar-refractivity contribution in [2.45, 2.75) is 32.4 Å². The maximum Gasteiger partial charge on any atom is 0.293 e. The maximum absolute atomic E-state index is 11.9. The van der Waals surface area contributed by atoms with E-state index >= 15 is 0 Å². The van der Waals surface area contributed by atoms with Gasteiger partial charge in [-0.2, -0.15) is 0 Å². The van der Waals surface area contributed by atoms with Crippen molar-refractivity contribution in [3.63, 3.8) is 0 Å². The van der Waals surface area contributed by atoms with Crippen molar-refractivity contribution in [1.29, 1.82) is 0 Å². The summed E-state index contributed by atoms with van der Waals surface area (Å²) < 4.78 is 0. The maximum atomic E-state index is 11.9. The van der Waals surface area contributed by atoms with E-state index in [1.807, 2.05) is 13.8 Å². The van der Waals surface area contributed by atoms with Crippen molar-refractivity contribution in [2.75, 3.05) is 18.0 Å². The van der Waals surface area contributed by atoms with Gasteiger partial charge in [0.2, 0.25) is 0 Å². The number of nitrogens with zero attached hydrogens (tertiary/aromatic N) is 2. The number of nitro groups is 1. The van der Waals surface area contributed by atoms with E-state index in [4.69, 9.17) is 0 Å². The van der Waals surface area contributed by atoms with Gasteiger partial charge in [-0.3, -0.25) is 14.9 Å². The minimum Gasteiger partial charge on any atom is -0.391 e. The van der Waals surface area contributed by atoms with Crippen molar-refractivity contribution in [1.82, 2.24) is 5.32 Å². The lowest BCUT2D eigenvalue weighted by molar-refractivity contribution is -0.384. The Balaban J connectivity index is 2.31. The van der Waals surface area contributed by atoms with Crippen LogP contribution in [0.15, 0.2) is 18.2 Å². The van der Waals surface area contributed by atoms with Crippen LogP contribution in [-0.4, -0.2) is 41.2 Å². The van der Waals surface area contributed by atoms with Crippen LogP contribution in [0, 0.1) is 10.1 Å². The zero-order chi connectivity index (χ0) is 15.6. The molecule has 1 aliphatic heterocycles. The van der Waals surface area contributed by atoms with Gasteiger partial charge < -0.3 is 15.3 Å². The first-order valence-electron chi connectivity index (χ1n) is 6.91. The van der Waals surface area contributed by atoms with E-state index in [1.165, 1.54) is 6.07 Å². The molecule has 21 heavy (non-hydrogen) atoms. The second-order valence-electron chi connectivity index (χ2n) is 5.48. The first-order chi connectivity index (χ1) is 9.88. The summed E-state index contributed by atoms with van der Waals surface area (Å²) in [6.45, 7) is 4.59. The van der Waals surface area contributed by atoms with Crippen LogP contribution in [0.25, 0.3) is 0 Å². The molecule has 7 nitrogen and oxygen atoms in total. The summed E-state index contributed by atoms with van der Waals surface area (Å²) in [5.74, 6) is -0.332.